The normalized spacial score (nSPS) is 21.3. The van der Waals surface area contributed by atoms with Gasteiger partial charge in [0.2, 0.25) is 0 Å². The van der Waals surface area contributed by atoms with Crippen molar-refractivity contribution in [2.75, 3.05) is 20.2 Å². The van der Waals surface area contributed by atoms with Crippen LogP contribution in [0.25, 0.3) is 0 Å². The van der Waals surface area contributed by atoms with Gasteiger partial charge in [-0.15, -0.1) is 0 Å². The number of aliphatic hydroxyl groups is 1. The zero-order valence-corrected chi connectivity index (χ0v) is 11.5. The maximum Gasteiger partial charge on any atom is 0.337 e. The summed E-state index contributed by atoms with van der Waals surface area (Å²) in [5.41, 5.74) is 1.69. The van der Waals surface area contributed by atoms with Gasteiger partial charge in [0.05, 0.1) is 18.8 Å². The van der Waals surface area contributed by atoms with E-state index < -0.39 is 0 Å². The monoisotopic (exact) mass is 263 g/mol. The molecule has 0 bridgehead atoms. The summed E-state index contributed by atoms with van der Waals surface area (Å²) in [5.74, 6) is 0.0638. The summed E-state index contributed by atoms with van der Waals surface area (Å²) < 4.78 is 4.72. The predicted octanol–water partition coefficient (Wildman–Crippen LogP) is 1.68. The molecule has 1 saturated heterocycles. The quantitative estimate of drug-likeness (QED) is 0.840. The lowest BCUT2D eigenvalue weighted by molar-refractivity contribution is 0.0600. The van der Waals surface area contributed by atoms with E-state index in [0.717, 1.165) is 31.6 Å². The molecular weight excluding hydrogens is 242 g/mol. The first-order valence-corrected chi connectivity index (χ1v) is 6.68. The number of nitrogens with zero attached hydrogens (tertiary/aromatic N) is 1. The van der Waals surface area contributed by atoms with Gasteiger partial charge in [-0.25, -0.2) is 4.79 Å². The average molecular weight is 263 g/mol. The SMILES string of the molecule is COC(=O)c1cccc(CN2CCC(C(C)O)C2)c1. The molecule has 4 nitrogen and oxygen atoms in total. The molecule has 0 aliphatic carbocycles. The van der Waals surface area contributed by atoms with Crippen LogP contribution in [0.5, 0.6) is 0 Å². The first-order chi connectivity index (χ1) is 9.10. The highest BCUT2D eigenvalue weighted by Crippen LogP contribution is 2.21. The van der Waals surface area contributed by atoms with Gasteiger partial charge in [0.1, 0.15) is 0 Å². The molecule has 1 aromatic rings. The van der Waals surface area contributed by atoms with E-state index in [0.29, 0.717) is 11.5 Å². The number of rotatable bonds is 4. The molecule has 0 saturated carbocycles. The third-order valence-electron chi connectivity index (χ3n) is 3.75. The fourth-order valence-electron chi connectivity index (χ4n) is 2.57. The van der Waals surface area contributed by atoms with E-state index in [2.05, 4.69) is 4.90 Å². The van der Waals surface area contributed by atoms with Gasteiger partial charge in [-0.3, -0.25) is 4.90 Å². The summed E-state index contributed by atoms with van der Waals surface area (Å²) in [6.07, 6.45) is 0.792. The van der Waals surface area contributed by atoms with Crippen molar-refractivity contribution in [2.45, 2.75) is 26.0 Å². The highest BCUT2D eigenvalue weighted by molar-refractivity contribution is 5.89. The summed E-state index contributed by atoms with van der Waals surface area (Å²) in [6, 6.07) is 7.53. The Hall–Kier alpha value is -1.39. The first-order valence-electron chi connectivity index (χ1n) is 6.68. The van der Waals surface area contributed by atoms with E-state index in [1.807, 2.05) is 25.1 Å². The Morgan fingerprint density at radius 1 is 1.58 bits per heavy atom. The maximum absolute atomic E-state index is 11.5. The van der Waals surface area contributed by atoms with Crippen LogP contribution in [0, 0.1) is 5.92 Å². The minimum Gasteiger partial charge on any atom is -0.465 e. The van der Waals surface area contributed by atoms with Crippen LogP contribution in [0.1, 0.15) is 29.3 Å². The summed E-state index contributed by atoms with van der Waals surface area (Å²) in [5, 5.41) is 9.60. The Balaban J connectivity index is 1.98. The van der Waals surface area contributed by atoms with Crippen LogP contribution in [0.2, 0.25) is 0 Å². The minimum atomic E-state index is -0.301. The lowest BCUT2D eigenvalue weighted by atomic mass is 10.0. The van der Waals surface area contributed by atoms with E-state index in [-0.39, 0.29) is 12.1 Å². The molecule has 0 aromatic heterocycles. The lowest BCUT2D eigenvalue weighted by Gasteiger charge is -2.17. The minimum absolute atomic E-state index is 0.244. The molecule has 4 heteroatoms. The number of aliphatic hydroxyl groups excluding tert-OH is 1. The molecule has 0 spiro atoms. The van der Waals surface area contributed by atoms with Crippen molar-refractivity contribution in [1.82, 2.24) is 4.90 Å². The second-order valence-electron chi connectivity index (χ2n) is 5.22. The van der Waals surface area contributed by atoms with Gasteiger partial charge in [0.15, 0.2) is 0 Å². The second-order valence-corrected chi connectivity index (χ2v) is 5.22. The lowest BCUT2D eigenvalue weighted by Crippen LogP contribution is -2.24. The van der Waals surface area contributed by atoms with Crippen LogP contribution >= 0.6 is 0 Å². The predicted molar refractivity (Wildman–Crippen MR) is 72.8 cm³/mol. The van der Waals surface area contributed by atoms with Gasteiger partial charge >= 0.3 is 5.97 Å². The van der Waals surface area contributed by atoms with Crippen molar-refractivity contribution in [1.29, 1.82) is 0 Å². The number of carbonyl (C=O) groups is 1. The van der Waals surface area contributed by atoms with Gasteiger partial charge in [-0.2, -0.15) is 0 Å². The topological polar surface area (TPSA) is 49.8 Å². The van der Waals surface area contributed by atoms with Crippen LogP contribution in [0.15, 0.2) is 24.3 Å². The Morgan fingerprint density at radius 3 is 3.00 bits per heavy atom. The van der Waals surface area contributed by atoms with E-state index in [1.165, 1.54) is 7.11 Å². The molecule has 1 fully saturated rings. The maximum atomic E-state index is 11.5. The van der Waals surface area contributed by atoms with Crippen LogP contribution in [-0.4, -0.2) is 42.3 Å². The standard InChI is InChI=1S/C15H21NO3/c1-11(17)14-6-7-16(10-14)9-12-4-3-5-13(8-12)15(18)19-2/h3-5,8,11,14,17H,6-7,9-10H2,1-2H3. The smallest absolute Gasteiger partial charge is 0.337 e. The van der Waals surface area contributed by atoms with Gasteiger partial charge in [-0.05, 0) is 43.5 Å². The van der Waals surface area contributed by atoms with Crippen molar-refractivity contribution in [3.05, 3.63) is 35.4 Å². The summed E-state index contributed by atoms with van der Waals surface area (Å²) >= 11 is 0. The van der Waals surface area contributed by atoms with E-state index in [4.69, 9.17) is 4.74 Å². The fourth-order valence-corrected chi connectivity index (χ4v) is 2.57. The third kappa shape index (κ3) is 3.55. The second kappa shape index (κ2) is 6.17. The zero-order valence-electron chi connectivity index (χ0n) is 11.5. The molecule has 1 aliphatic rings. The molecule has 1 heterocycles. The number of carbonyl (C=O) groups excluding carboxylic acids is 1. The third-order valence-corrected chi connectivity index (χ3v) is 3.75. The van der Waals surface area contributed by atoms with Crippen molar-refractivity contribution in [3.8, 4) is 0 Å². The number of hydrogen-bond acceptors (Lipinski definition) is 4. The van der Waals surface area contributed by atoms with Gasteiger partial charge in [0.25, 0.3) is 0 Å². The highest BCUT2D eigenvalue weighted by atomic mass is 16.5. The Labute approximate surface area is 114 Å². The first kappa shape index (κ1) is 14.0. The van der Waals surface area contributed by atoms with Crippen LogP contribution in [0.4, 0.5) is 0 Å². The van der Waals surface area contributed by atoms with Crippen LogP contribution in [0.3, 0.4) is 0 Å². The molecule has 1 aromatic carbocycles. The van der Waals surface area contributed by atoms with Gasteiger partial charge < -0.3 is 9.84 Å². The number of ether oxygens (including phenoxy) is 1. The number of benzene rings is 1. The molecule has 0 amide bonds. The molecule has 1 N–H and O–H groups in total. The van der Waals surface area contributed by atoms with Crippen molar-refractivity contribution >= 4 is 5.97 Å². The summed E-state index contributed by atoms with van der Waals surface area (Å²) in [4.78, 5) is 13.8. The molecule has 2 rings (SSSR count). The van der Waals surface area contributed by atoms with Crippen molar-refractivity contribution < 1.29 is 14.6 Å². The number of likely N-dealkylation sites (tertiary alicyclic amines) is 1. The van der Waals surface area contributed by atoms with Crippen LogP contribution < -0.4 is 0 Å². The Morgan fingerprint density at radius 2 is 2.37 bits per heavy atom. The van der Waals surface area contributed by atoms with E-state index in [1.54, 1.807) is 6.07 Å². The largest absolute Gasteiger partial charge is 0.465 e. The molecule has 104 valence electrons. The van der Waals surface area contributed by atoms with Crippen molar-refractivity contribution in [3.63, 3.8) is 0 Å². The molecular formula is C15H21NO3. The number of esters is 1. The zero-order chi connectivity index (χ0) is 13.8. The van der Waals surface area contributed by atoms with E-state index >= 15 is 0 Å². The van der Waals surface area contributed by atoms with Crippen molar-refractivity contribution in [2.24, 2.45) is 5.92 Å². The summed E-state index contributed by atoms with van der Waals surface area (Å²) in [7, 11) is 1.39. The molecule has 19 heavy (non-hydrogen) atoms. The Kier molecular flexibility index (Phi) is 4.56. The molecule has 2 atom stereocenters. The molecule has 0 radical (unpaired) electrons. The highest BCUT2D eigenvalue weighted by Gasteiger charge is 2.25. The van der Waals surface area contributed by atoms with Crippen LogP contribution in [-0.2, 0) is 11.3 Å². The summed E-state index contributed by atoms with van der Waals surface area (Å²) in [6.45, 7) is 4.58. The van der Waals surface area contributed by atoms with Gasteiger partial charge in [0, 0.05) is 13.1 Å². The average Bonchev–Trinajstić information content (AvgIpc) is 2.87. The molecule has 1 aliphatic heterocycles. The number of hydrogen-bond donors (Lipinski definition) is 1. The fraction of sp³-hybridized carbons (Fsp3) is 0.533. The Bertz CT molecular complexity index is 445. The number of methoxy groups -OCH3 is 1. The van der Waals surface area contributed by atoms with Gasteiger partial charge in [-0.1, -0.05) is 12.1 Å². The molecule has 2 unspecified atom stereocenters. The van der Waals surface area contributed by atoms with E-state index in [9.17, 15) is 9.90 Å².